The number of rotatable bonds is 7. The molecular weight excluding hydrogens is 416 g/mol. The molecule has 1 amide bonds. The molecule has 4 aromatic rings. The lowest BCUT2D eigenvalue weighted by Gasteiger charge is -2.11. The summed E-state index contributed by atoms with van der Waals surface area (Å²) in [6.45, 7) is 2.24. The van der Waals surface area contributed by atoms with E-state index in [1.54, 1.807) is 48.5 Å². The van der Waals surface area contributed by atoms with Gasteiger partial charge in [0.2, 0.25) is 0 Å². The lowest BCUT2D eigenvalue weighted by molar-refractivity contribution is 0.0728. The summed E-state index contributed by atoms with van der Waals surface area (Å²) in [5.41, 5.74) is 4.23. The van der Waals surface area contributed by atoms with Crippen LogP contribution in [0.25, 0.3) is 10.8 Å². The van der Waals surface area contributed by atoms with Crippen LogP contribution in [0.2, 0.25) is 0 Å². The minimum atomic E-state index is -0.472. The van der Waals surface area contributed by atoms with Crippen molar-refractivity contribution in [3.05, 3.63) is 108 Å². The lowest BCUT2D eigenvalue weighted by atomic mass is 10.0. The molecule has 0 aromatic heterocycles. The Balaban J connectivity index is 1.48. The minimum Gasteiger partial charge on any atom is -0.490 e. The van der Waals surface area contributed by atoms with E-state index in [0.717, 1.165) is 10.8 Å². The third-order valence-corrected chi connectivity index (χ3v) is 4.89. The van der Waals surface area contributed by atoms with E-state index in [0.29, 0.717) is 34.8 Å². The fourth-order valence-corrected chi connectivity index (χ4v) is 3.34. The smallest absolute Gasteiger partial charge is 0.343 e. The van der Waals surface area contributed by atoms with Gasteiger partial charge < -0.3 is 9.47 Å². The number of fused-ring (bicyclic) bond motifs is 1. The maximum Gasteiger partial charge on any atom is 0.343 e. The van der Waals surface area contributed by atoms with Crippen molar-refractivity contribution in [2.24, 2.45) is 5.10 Å². The van der Waals surface area contributed by atoms with Gasteiger partial charge >= 0.3 is 5.97 Å². The van der Waals surface area contributed by atoms with Crippen molar-refractivity contribution in [2.75, 3.05) is 6.61 Å². The molecule has 164 valence electrons. The highest BCUT2D eigenvalue weighted by atomic mass is 16.6. The maximum atomic E-state index is 12.6. The molecule has 6 nitrogen and oxygen atoms in total. The first kappa shape index (κ1) is 21.8. The number of nitrogens with zero attached hydrogens (tertiary/aromatic N) is 1. The van der Waals surface area contributed by atoms with Crippen molar-refractivity contribution in [1.29, 1.82) is 0 Å². The predicted molar refractivity (Wildman–Crippen MR) is 128 cm³/mol. The first-order valence-electron chi connectivity index (χ1n) is 10.5. The van der Waals surface area contributed by atoms with E-state index in [-0.39, 0.29) is 5.91 Å². The summed E-state index contributed by atoms with van der Waals surface area (Å²) in [6.07, 6.45) is 1.51. The van der Waals surface area contributed by atoms with Crippen molar-refractivity contribution in [1.82, 2.24) is 5.43 Å². The summed E-state index contributed by atoms with van der Waals surface area (Å²) < 4.78 is 11.1. The van der Waals surface area contributed by atoms with E-state index in [2.05, 4.69) is 10.5 Å². The van der Waals surface area contributed by atoms with Crippen molar-refractivity contribution in [3.8, 4) is 11.5 Å². The van der Waals surface area contributed by atoms with Gasteiger partial charge in [-0.15, -0.1) is 0 Å². The molecule has 33 heavy (non-hydrogen) atoms. The molecule has 0 radical (unpaired) electrons. The van der Waals surface area contributed by atoms with Crippen LogP contribution in [0.4, 0.5) is 0 Å². The van der Waals surface area contributed by atoms with Gasteiger partial charge in [0.15, 0.2) is 11.5 Å². The summed E-state index contributed by atoms with van der Waals surface area (Å²) >= 11 is 0. The predicted octanol–water partition coefficient (Wildman–Crippen LogP) is 5.22. The maximum absolute atomic E-state index is 12.6. The van der Waals surface area contributed by atoms with Crippen molar-refractivity contribution in [2.45, 2.75) is 6.92 Å². The fraction of sp³-hybridized carbons (Fsp3) is 0.0741. The zero-order valence-electron chi connectivity index (χ0n) is 18.0. The number of amides is 1. The van der Waals surface area contributed by atoms with Gasteiger partial charge in [0.25, 0.3) is 5.91 Å². The molecule has 0 aliphatic rings. The van der Waals surface area contributed by atoms with Gasteiger partial charge in [-0.25, -0.2) is 10.2 Å². The zero-order valence-corrected chi connectivity index (χ0v) is 18.0. The first-order valence-corrected chi connectivity index (χ1v) is 10.5. The Morgan fingerprint density at radius 2 is 1.64 bits per heavy atom. The molecule has 0 saturated carbocycles. The van der Waals surface area contributed by atoms with Crippen LogP contribution in [0.15, 0.2) is 96.1 Å². The molecule has 0 bridgehead atoms. The summed E-state index contributed by atoms with van der Waals surface area (Å²) in [6, 6.07) is 27.0. The monoisotopic (exact) mass is 438 g/mol. The second kappa shape index (κ2) is 10.2. The number of ether oxygens (including phenoxy) is 2. The van der Waals surface area contributed by atoms with Gasteiger partial charge in [-0.3, -0.25) is 4.79 Å². The van der Waals surface area contributed by atoms with Crippen LogP contribution in [-0.4, -0.2) is 24.7 Å². The van der Waals surface area contributed by atoms with Crippen molar-refractivity contribution < 1.29 is 19.1 Å². The number of hydrogen-bond donors (Lipinski definition) is 1. The molecule has 0 saturated heterocycles. The quantitative estimate of drug-likeness (QED) is 0.186. The molecule has 4 rings (SSSR count). The van der Waals surface area contributed by atoms with E-state index < -0.39 is 5.97 Å². The number of hydrazone groups is 1. The largest absolute Gasteiger partial charge is 0.490 e. The Hall–Kier alpha value is -4.45. The standard InChI is InChI=1S/C27H22N2O4/c1-2-32-25-17-19(15-16-24(25)33-27(31)21-10-4-3-5-11-21)18-28-29-26(30)23-14-8-12-20-9-6-7-13-22(20)23/h3-18H,2H2,1H3,(H,29,30)/b28-18+. The Morgan fingerprint density at radius 1 is 0.879 bits per heavy atom. The molecule has 0 spiro atoms. The van der Waals surface area contributed by atoms with Crippen LogP contribution in [0, 0.1) is 0 Å². The minimum absolute atomic E-state index is 0.304. The molecule has 0 aliphatic carbocycles. The van der Waals surface area contributed by atoms with Crippen molar-refractivity contribution >= 4 is 28.9 Å². The average Bonchev–Trinajstić information content (AvgIpc) is 2.85. The van der Waals surface area contributed by atoms with Gasteiger partial charge in [-0.1, -0.05) is 54.6 Å². The Labute approximate surface area is 191 Å². The number of hydrogen-bond acceptors (Lipinski definition) is 5. The number of esters is 1. The van der Waals surface area contributed by atoms with E-state index in [1.807, 2.05) is 49.4 Å². The highest BCUT2D eigenvalue weighted by Gasteiger charge is 2.13. The number of nitrogens with one attached hydrogen (secondary N) is 1. The Kier molecular flexibility index (Phi) is 6.75. The summed E-state index contributed by atoms with van der Waals surface area (Å²) in [5, 5.41) is 5.92. The fourth-order valence-electron chi connectivity index (χ4n) is 3.34. The van der Waals surface area contributed by atoms with Crippen molar-refractivity contribution in [3.63, 3.8) is 0 Å². The van der Waals surface area contributed by atoms with E-state index in [4.69, 9.17) is 9.47 Å². The second-order valence-electron chi connectivity index (χ2n) is 7.12. The van der Waals surface area contributed by atoms with Gasteiger partial charge in [-0.2, -0.15) is 5.10 Å². The van der Waals surface area contributed by atoms with Crippen LogP contribution in [0.3, 0.4) is 0 Å². The third kappa shape index (κ3) is 5.25. The highest BCUT2D eigenvalue weighted by molar-refractivity contribution is 6.07. The molecule has 4 aromatic carbocycles. The van der Waals surface area contributed by atoms with Gasteiger partial charge in [-0.05, 0) is 59.7 Å². The van der Waals surface area contributed by atoms with E-state index >= 15 is 0 Å². The highest BCUT2D eigenvalue weighted by Crippen LogP contribution is 2.29. The molecule has 0 aliphatic heterocycles. The SMILES string of the molecule is CCOc1cc(/C=N/NC(=O)c2cccc3ccccc23)ccc1OC(=O)c1ccccc1. The van der Waals surface area contributed by atoms with Crippen LogP contribution in [0.5, 0.6) is 11.5 Å². The topological polar surface area (TPSA) is 77.0 Å². The van der Waals surface area contributed by atoms with Crippen LogP contribution in [0.1, 0.15) is 33.2 Å². The second-order valence-corrected chi connectivity index (χ2v) is 7.12. The Bertz CT molecular complexity index is 1310. The molecular formula is C27H22N2O4. The zero-order chi connectivity index (χ0) is 23.0. The number of benzene rings is 4. The molecule has 1 N–H and O–H groups in total. The molecule has 6 heteroatoms. The lowest BCUT2D eigenvalue weighted by Crippen LogP contribution is -2.17. The van der Waals surface area contributed by atoms with Gasteiger partial charge in [0, 0.05) is 5.56 Å². The summed E-state index contributed by atoms with van der Waals surface area (Å²) in [4.78, 5) is 25.0. The molecule has 0 fully saturated rings. The van der Waals surface area contributed by atoms with E-state index in [1.165, 1.54) is 6.21 Å². The Morgan fingerprint density at radius 3 is 2.45 bits per heavy atom. The first-order chi connectivity index (χ1) is 16.2. The average molecular weight is 438 g/mol. The number of carbonyl (C=O) groups excluding carboxylic acids is 2. The third-order valence-electron chi connectivity index (χ3n) is 4.89. The normalized spacial score (nSPS) is 10.8. The van der Waals surface area contributed by atoms with E-state index in [9.17, 15) is 9.59 Å². The summed E-state index contributed by atoms with van der Waals surface area (Å²) in [7, 11) is 0. The van der Waals surface area contributed by atoms with Crippen LogP contribution >= 0.6 is 0 Å². The van der Waals surface area contributed by atoms with Crippen LogP contribution in [-0.2, 0) is 0 Å². The van der Waals surface area contributed by atoms with Gasteiger partial charge in [0.1, 0.15) is 0 Å². The molecule has 0 heterocycles. The van der Waals surface area contributed by atoms with Crippen LogP contribution < -0.4 is 14.9 Å². The molecule has 0 atom stereocenters. The summed E-state index contributed by atoms with van der Waals surface area (Å²) in [5.74, 6) is -0.0597. The van der Waals surface area contributed by atoms with Gasteiger partial charge in [0.05, 0.1) is 18.4 Å². The number of carbonyl (C=O) groups is 2. The molecule has 0 unspecified atom stereocenters.